The zero-order chi connectivity index (χ0) is 14.4. The summed E-state index contributed by atoms with van der Waals surface area (Å²) in [6, 6.07) is 10.4. The molecule has 2 saturated heterocycles. The minimum Gasteiger partial charge on any atom is -0.311 e. The van der Waals surface area contributed by atoms with Gasteiger partial charge in [0.1, 0.15) is 0 Å². The lowest BCUT2D eigenvalue weighted by Crippen LogP contribution is -2.21. The fraction of sp³-hybridized carbons (Fsp3) is 0.353. The first-order chi connectivity index (χ1) is 10.2. The van der Waals surface area contributed by atoms with Gasteiger partial charge in [0, 0.05) is 34.8 Å². The summed E-state index contributed by atoms with van der Waals surface area (Å²) in [6.45, 7) is 0. The molecule has 0 saturated carbocycles. The van der Waals surface area contributed by atoms with Gasteiger partial charge in [-0.15, -0.1) is 12.4 Å². The molecule has 5 heteroatoms. The summed E-state index contributed by atoms with van der Waals surface area (Å²) in [5.41, 5.74) is 2.52. The maximum absolute atomic E-state index is 14.1. The van der Waals surface area contributed by atoms with E-state index < -0.39 is 5.95 Å². The number of rotatable bonds is 2. The van der Waals surface area contributed by atoms with E-state index in [1.807, 2.05) is 18.2 Å². The maximum atomic E-state index is 14.1. The summed E-state index contributed by atoms with van der Waals surface area (Å²) in [4.78, 5) is 3.98. The van der Waals surface area contributed by atoms with E-state index in [1.54, 1.807) is 18.3 Å². The zero-order valence-corrected chi connectivity index (χ0v) is 13.5. The first kappa shape index (κ1) is 15.7. The third-order valence-electron chi connectivity index (χ3n) is 4.74. The van der Waals surface area contributed by atoms with E-state index in [9.17, 15) is 4.39 Å². The van der Waals surface area contributed by atoms with Gasteiger partial charge in [0.15, 0.2) is 0 Å². The van der Waals surface area contributed by atoms with Crippen molar-refractivity contribution in [2.75, 3.05) is 0 Å². The lowest BCUT2D eigenvalue weighted by atomic mass is 9.84. The molecule has 4 rings (SSSR count). The molecule has 2 aliphatic rings. The van der Waals surface area contributed by atoms with Crippen molar-refractivity contribution in [1.82, 2.24) is 10.3 Å². The number of fused-ring (bicyclic) bond motifs is 2. The average molecular weight is 339 g/mol. The molecule has 3 heterocycles. The number of halogens is 3. The molecule has 1 aromatic carbocycles. The zero-order valence-electron chi connectivity index (χ0n) is 11.9. The summed E-state index contributed by atoms with van der Waals surface area (Å²) in [5.74, 6) is 0.0417. The molecular formula is C17H17Cl2FN2. The van der Waals surface area contributed by atoms with Crippen LogP contribution in [-0.4, -0.2) is 17.1 Å². The van der Waals surface area contributed by atoms with E-state index in [0.29, 0.717) is 28.6 Å². The van der Waals surface area contributed by atoms with E-state index in [0.717, 1.165) is 17.5 Å². The largest absolute Gasteiger partial charge is 0.311 e. The van der Waals surface area contributed by atoms with Crippen LogP contribution < -0.4 is 5.32 Å². The van der Waals surface area contributed by atoms with Crippen LogP contribution in [0, 0.1) is 5.95 Å². The summed E-state index contributed by atoms with van der Waals surface area (Å²) >= 11 is 5.90. The number of nitrogens with one attached hydrogen (secondary N) is 1. The Morgan fingerprint density at radius 1 is 1.18 bits per heavy atom. The number of hydrogen-bond donors (Lipinski definition) is 1. The Morgan fingerprint density at radius 3 is 2.59 bits per heavy atom. The average Bonchev–Trinajstić information content (AvgIpc) is 3.12. The standard InChI is InChI=1S/C17H16ClFN2.ClH/c18-12-3-1-10(2-4-12)15-7-11(9-20-17(15)19)14-8-13-5-6-16(14)21-13;/h1-4,7,9,13-14,16,21H,5-6,8H2;1H. The van der Waals surface area contributed by atoms with Gasteiger partial charge in [0.25, 0.3) is 0 Å². The Kier molecular flexibility index (Phi) is 4.40. The van der Waals surface area contributed by atoms with Crippen LogP contribution >= 0.6 is 24.0 Å². The molecule has 116 valence electrons. The van der Waals surface area contributed by atoms with Crippen molar-refractivity contribution in [3.05, 3.63) is 53.1 Å². The SMILES string of the molecule is Cl.Fc1ncc(C2CC3CCC2N3)cc1-c1ccc(Cl)cc1. The maximum Gasteiger partial charge on any atom is 0.220 e. The normalized spacial score (nSPS) is 26.0. The monoisotopic (exact) mass is 338 g/mol. The van der Waals surface area contributed by atoms with Gasteiger partial charge in [-0.05, 0) is 48.6 Å². The number of benzene rings is 1. The summed E-state index contributed by atoms with van der Waals surface area (Å²) in [7, 11) is 0. The van der Waals surface area contributed by atoms with E-state index in [-0.39, 0.29) is 12.4 Å². The van der Waals surface area contributed by atoms with Gasteiger partial charge in [-0.25, -0.2) is 4.98 Å². The molecule has 2 aliphatic heterocycles. The molecule has 1 aromatic heterocycles. The Hall–Kier alpha value is -1.16. The van der Waals surface area contributed by atoms with Crippen molar-refractivity contribution in [2.24, 2.45) is 0 Å². The van der Waals surface area contributed by atoms with Crippen molar-refractivity contribution in [2.45, 2.75) is 37.3 Å². The van der Waals surface area contributed by atoms with Crippen LogP contribution in [0.25, 0.3) is 11.1 Å². The van der Waals surface area contributed by atoms with Crippen LogP contribution in [0.2, 0.25) is 5.02 Å². The van der Waals surface area contributed by atoms with Gasteiger partial charge in [-0.1, -0.05) is 23.7 Å². The molecule has 2 aromatic rings. The number of pyridine rings is 1. The third kappa shape index (κ3) is 2.73. The highest BCUT2D eigenvalue weighted by molar-refractivity contribution is 6.30. The van der Waals surface area contributed by atoms with Crippen molar-refractivity contribution in [3.63, 3.8) is 0 Å². The highest BCUT2D eigenvalue weighted by Gasteiger charge is 2.39. The molecule has 0 aliphatic carbocycles. The van der Waals surface area contributed by atoms with Crippen LogP contribution in [0.15, 0.2) is 36.5 Å². The first-order valence-electron chi connectivity index (χ1n) is 7.38. The second-order valence-corrected chi connectivity index (χ2v) is 6.44. The van der Waals surface area contributed by atoms with Crippen LogP contribution in [0.5, 0.6) is 0 Å². The second-order valence-electron chi connectivity index (χ2n) is 6.00. The van der Waals surface area contributed by atoms with E-state index >= 15 is 0 Å². The molecule has 1 N–H and O–H groups in total. The molecule has 0 amide bonds. The third-order valence-corrected chi connectivity index (χ3v) is 5.00. The van der Waals surface area contributed by atoms with Crippen molar-refractivity contribution < 1.29 is 4.39 Å². The van der Waals surface area contributed by atoms with Gasteiger partial charge in [-0.3, -0.25) is 0 Å². The lowest BCUT2D eigenvalue weighted by Gasteiger charge is -2.20. The minimum absolute atomic E-state index is 0. The molecule has 22 heavy (non-hydrogen) atoms. The van der Waals surface area contributed by atoms with E-state index in [4.69, 9.17) is 11.6 Å². The van der Waals surface area contributed by atoms with Crippen molar-refractivity contribution in [1.29, 1.82) is 0 Å². The predicted octanol–water partition coefficient (Wildman–Crippen LogP) is 4.57. The molecule has 0 spiro atoms. The number of aromatic nitrogens is 1. The van der Waals surface area contributed by atoms with Gasteiger partial charge < -0.3 is 5.32 Å². The van der Waals surface area contributed by atoms with Gasteiger partial charge in [0.2, 0.25) is 5.95 Å². The summed E-state index contributed by atoms with van der Waals surface area (Å²) < 4.78 is 14.1. The molecule has 3 atom stereocenters. The predicted molar refractivity (Wildman–Crippen MR) is 89.2 cm³/mol. The van der Waals surface area contributed by atoms with Crippen LogP contribution in [0.4, 0.5) is 4.39 Å². The first-order valence-corrected chi connectivity index (χ1v) is 7.76. The highest BCUT2D eigenvalue weighted by atomic mass is 35.5. The van der Waals surface area contributed by atoms with Gasteiger partial charge >= 0.3 is 0 Å². The smallest absolute Gasteiger partial charge is 0.220 e. The number of hydrogen-bond acceptors (Lipinski definition) is 2. The minimum atomic E-state index is -0.419. The van der Waals surface area contributed by atoms with Crippen molar-refractivity contribution in [3.8, 4) is 11.1 Å². The van der Waals surface area contributed by atoms with Gasteiger partial charge in [0.05, 0.1) is 0 Å². The molecule has 2 bridgehead atoms. The molecule has 2 fully saturated rings. The Morgan fingerprint density at radius 2 is 1.95 bits per heavy atom. The molecule has 0 radical (unpaired) electrons. The number of nitrogens with zero attached hydrogens (tertiary/aromatic N) is 1. The van der Waals surface area contributed by atoms with Crippen molar-refractivity contribution >= 4 is 24.0 Å². The van der Waals surface area contributed by atoms with Gasteiger partial charge in [-0.2, -0.15) is 4.39 Å². The molecular weight excluding hydrogens is 322 g/mol. The second kappa shape index (κ2) is 6.15. The van der Waals surface area contributed by atoms with Crippen LogP contribution in [0.3, 0.4) is 0 Å². The Bertz CT molecular complexity index is 675. The topological polar surface area (TPSA) is 24.9 Å². The van der Waals surface area contributed by atoms with Crippen LogP contribution in [0.1, 0.15) is 30.7 Å². The summed E-state index contributed by atoms with van der Waals surface area (Å²) in [6.07, 6.45) is 5.31. The van der Waals surface area contributed by atoms with Crippen LogP contribution in [-0.2, 0) is 0 Å². The summed E-state index contributed by atoms with van der Waals surface area (Å²) in [5, 5.41) is 4.27. The fourth-order valence-corrected chi connectivity index (χ4v) is 3.82. The molecule has 2 nitrogen and oxygen atoms in total. The van der Waals surface area contributed by atoms with E-state index in [1.165, 1.54) is 12.8 Å². The fourth-order valence-electron chi connectivity index (χ4n) is 3.69. The quantitative estimate of drug-likeness (QED) is 0.811. The lowest BCUT2D eigenvalue weighted by molar-refractivity contribution is 0.502. The Balaban J connectivity index is 0.00000144. The Labute approximate surface area is 140 Å². The molecule has 3 unspecified atom stereocenters. The van der Waals surface area contributed by atoms with E-state index in [2.05, 4.69) is 10.3 Å². The highest BCUT2D eigenvalue weighted by Crippen LogP contribution is 2.40.